The number of aryl methyl sites for hydroxylation is 1. The summed E-state index contributed by atoms with van der Waals surface area (Å²) in [6.07, 6.45) is 0. The van der Waals surface area contributed by atoms with Crippen LogP contribution < -0.4 is 5.73 Å². The number of nitrogen functional groups attached to an aromatic ring is 1. The molecule has 0 atom stereocenters. The number of benzene rings is 1. The van der Waals surface area contributed by atoms with Crippen molar-refractivity contribution in [2.45, 2.75) is 6.92 Å². The molecular weight excluding hydrogens is 286 g/mol. The van der Waals surface area contributed by atoms with Gasteiger partial charge in [-0.2, -0.15) is 0 Å². The van der Waals surface area contributed by atoms with E-state index in [2.05, 4.69) is 15.9 Å². The van der Waals surface area contributed by atoms with Crippen molar-refractivity contribution in [2.75, 3.05) is 5.73 Å². The van der Waals surface area contributed by atoms with E-state index in [1.165, 1.54) is 11.3 Å². The first kappa shape index (κ1) is 11.4. The molecule has 0 bridgehead atoms. The molecule has 0 radical (unpaired) electrons. The van der Waals surface area contributed by atoms with E-state index >= 15 is 0 Å². The summed E-state index contributed by atoms with van der Waals surface area (Å²) in [6, 6.07) is 9.05. The molecule has 0 fully saturated rings. The molecule has 1 aromatic carbocycles. The van der Waals surface area contributed by atoms with Crippen molar-refractivity contribution in [1.82, 2.24) is 0 Å². The third-order valence-electron chi connectivity index (χ3n) is 2.15. The highest BCUT2D eigenvalue weighted by atomic mass is 79.9. The molecule has 2 aromatic rings. The third kappa shape index (κ3) is 2.33. The maximum absolute atomic E-state index is 12.1. The predicted molar refractivity (Wildman–Crippen MR) is 71.0 cm³/mol. The van der Waals surface area contributed by atoms with Crippen LogP contribution in [0.5, 0.6) is 0 Å². The summed E-state index contributed by atoms with van der Waals surface area (Å²) in [6.45, 7) is 1.98. The molecule has 82 valence electrons. The highest BCUT2D eigenvalue weighted by Crippen LogP contribution is 2.23. The molecule has 2 rings (SSSR count). The van der Waals surface area contributed by atoms with Crippen LogP contribution in [-0.2, 0) is 0 Å². The van der Waals surface area contributed by atoms with Crippen molar-refractivity contribution < 1.29 is 4.79 Å². The lowest BCUT2D eigenvalue weighted by Gasteiger charge is -2.01. The van der Waals surface area contributed by atoms with Crippen LogP contribution >= 0.6 is 27.3 Å². The van der Waals surface area contributed by atoms with E-state index in [1.54, 1.807) is 18.2 Å². The number of ketones is 1. The summed E-state index contributed by atoms with van der Waals surface area (Å²) < 4.78 is 0.823. The van der Waals surface area contributed by atoms with Crippen molar-refractivity contribution in [3.05, 3.63) is 50.1 Å². The molecule has 0 aliphatic carbocycles. The third-order valence-corrected chi connectivity index (χ3v) is 3.60. The quantitative estimate of drug-likeness (QED) is 0.679. The van der Waals surface area contributed by atoms with E-state index in [0.717, 1.165) is 14.2 Å². The van der Waals surface area contributed by atoms with Crippen molar-refractivity contribution in [2.24, 2.45) is 0 Å². The molecule has 0 saturated carbocycles. The number of hydrogen-bond acceptors (Lipinski definition) is 3. The van der Waals surface area contributed by atoms with Gasteiger partial charge in [0.25, 0.3) is 0 Å². The Morgan fingerprint density at radius 2 is 2.06 bits per heavy atom. The minimum atomic E-state index is 0.0195. The Balaban J connectivity index is 2.41. The zero-order valence-electron chi connectivity index (χ0n) is 8.66. The normalized spacial score (nSPS) is 10.4. The minimum Gasteiger partial charge on any atom is -0.399 e. The second kappa shape index (κ2) is 4.39. The second-order valence-corrected chi connectivity index (χ2v) is 5.72. The molecule has 0 spiro atoms. The maximum Gasteiger partial charge on any atom is 0.203 e. The Hall–Kier alpha value is -1.13. The van der Waals surface area contributed by atoms with Crippen LogP contribution in [0.4, 0.5) is 5.69 Å². The molecule has 0 amide bonds. The van der Waals surface area contributed by atoms with Gasteiger partial charge in [-0.25, -0.2) is 0 Å². The number of anilines is 1. The van der Waals surface area contributed by atoms with E-state index < -0.39 is 0 Å². The zero-order chi connectivity index (χ0) is 11.7. The standard InChI is InChI=1S/C12H10BrNOS/c1-7-2-3-11(16-7)12(15)8-4-9(13)6-10(14)5-8/h2-6H,14H2,1H3. The van der Waals surface area contributed by atoms with Gasteiger partial charge in [-0.15, -0.1) is 11.3 Å². The minimum absolute atomic E-state index is 0.0195. The van der Waals surface area contributed by atoms with E-state index in [4.69, 9.17) is 5.73 Å². The van der Waals surface area contributed by atoms with Crippen LogP contribution in [0.2, 0.25) is 0 Å². The summed E-state index contributed by atoms with van der Waals surface area (Å²) in [5.74, 6) is 0.0195. The molecule has 1 aromatic heterocycles. The topological polar surface area (TPSA) is 43.1 Å². The highest BCUT2D eigenvalue weighted by Gasteiger charge is 2.12. The van der Waals surface area contributed by atoms with Gasteiger partial charge in [0.2, 0.25) is 5.78 Å². The van der Waals surface area contributed by atoms with Gasteiger partial charge in [-0.3, -0.25) is 4.79 Å². The molecule has 2 N–H and O–H groups in total. The monoisotopic (exact) mass is 295 g/mol. The van der Waals surface area contributed by atoms with E-state index in [-0.39, 0.29) is 5.78 Å². The van der Waals surface area contributed by atoms with Crippen molar-refractivity contribution in [1.29, 1.82) is 0 Å². The molecule has 0 saturated heterocycles. The van der Waals surface area contributed by atoms with Crippen molar-refractivity contribution >= 4 is 38.7 Å². The Kier molecular flexibility index (Phi) is 3.12. The molecule has 2 nitrogen and oxygen atoms in total. The summed E-state index contributed by atoms with van der Waals surface area (Å²) in [7, 11) is 0. The lowest BCUT2D eigenvalue weighted by atomic mass is 10.1. The number of carbonyl (C=O) groups excluding carboxylic acids is 1. The van der Waals surface area contributed by atoms with Gasteiger partial charge < -0.3 is 5.73 Å². The van der Waals surface area contributed by atoms with Gasteiger partial charge in [0.1, 0.15) is 0 Å². The first-order valence-electron chi connectivity index (χ1n) is 4.73. The molecule has 1 heterocycles. The van der Waals surface area contributed by atoms with Crippen LogP contribution in [0.1, 0.15) is 20.1 Å². The molecule has 0 aliphatic heterocycles. The summed E-state index contributed by atoms with van der Waals surface area (Å²) in [4.78, 5) is 14.0. The van der Waals surface area contributed by atoms with Crippen LogP contribution in [0.25, 0.3) is 0 Å². The largest absolute Gasteiger partial charge is 0.399 e. The fourth-order valence-electron chi connectivity index (χ4n) is 1.44. The molecular formula is C12H10BrNOS. The highest BCUT2D eigenvalue weighted by molar-refractivity contribution is 9.10. The number of rotatable bonds is 2. The number of thiophene rings is 1. The van der Waals surface area contributed by atoms with Crippen LogP contribution in [-0.4, -0.2) is 5.78 Å². The summed E-state index contributed by atoms with van der Waals surface area (Å²) in [5, 5.41) is 0. The van der Waals surface area contributed by atoms with E-state index in [0.29, 0.717) is 11.3 Å². The fourth-order valence-corrected chi connectivity index (χ4v) is 2.78. The van der Waals surface area contributed by atoms with Gasteiger partial charge in [0, 0.05) is 20.6 Å². The Morgan fingerprint density at radius 1 is 1.31 bits per heavy atom. The average Bonchev–Trinajstić information content (AvgIpc) is 2.62. The molecule has 0 unspecified atom stereocenters. The fraction of sp³-hybridized carbons (Fsp3) is 0.0833. The first-order chi connectivity index (χ1) is 7.56. The maximum atomic E-state index is 12.1. The lowest BCUT2D eigenvalue weighted by Crippen LogP contribution is -1.99. The van der Waals surface area contributed by atoms with Crippen LogP contribution in [0.15, 0.2) is 34.8 Å². The zero-order valence-corrected chi connectivity index (χ0v) is 11.1. The number of halogens is 1. The van der Waals surface area contributed by atoms with E-state index in [9.17, 15) is 4.79 Å². The van der Waals surface area contributed by atoms with Gasteiger partial charge in [-0.05, 0) is 37.3 Å². The Labute approximate surface area is 106 Å². The summed E-state index contributed by atoms with van der Waals surface area (Å²) in [5.41, 5.74) is 6.91. The smallest absolute Gasteiger partial charge is 0.203 e. The molecule has 4 heteroatoms. The Bertz CT molecular complexity index is 527. The molecule has 0 aliphatic rings. The van der Waals surface area contributed by atoms with Gasteiger partial charge in [0.05, 0.1) is 4.88 Å². The second-order valence-electron chi connectivity index (χ2n) is 3.51. The van der Waals surface area contributed by atoms with E-state index in [1.807, 2.05) is 19.1 Å². The SMILES string of the molecule is Cc1ccc(C(=O)c2cc(N)cc(Br)c2)s1. The van der Waals surface area contributed by atoms with Gasteiger partial charge >= 0.3 is 0 Å². The first-order valence-corrected chi connectivity index (χ1v) is 6.34. The summed E-state index contributed by atoms with van der Waals surface area (Å²) >= 11 is 4.83. The predicted octanol–water partition coefficient (Wildman–Crippen LogP) is 3.63. The average molecular weight is 296 g/mol. The Morgan fingerprint density at radius 3 is 2.62 bits per heavy atom. The van der Waals surface area contributed by atoms with Crippen molar-refractivity contribution in [3.63, 3.8) is 0 Å². The number of carbonyl (C=O) groups is 1. The van der Waals surface area contributed by atoms with Crippen LogP contribution in [0.3, 0.4) is 0 Å². The van der Waals surface area contributed by atoms with Crippen molar-refractivity contribution in [3.8, 4) is 0 Å². The van der Waals surface area contributed by atoms with Crippen LogP contribution in [0, 0.1) is 6.92 Å². The van der Waals surface area contributed by atoms with Gasteiger partial charge in [0.15, 0.2) is 0 Å². The molecule has 16 heavy (non-hydrogen) atoms. The lowest BCUT2D eigenvalue weighted by molar-refractivity contribution is 0.104. The van der Waals surface area contributed by atoms with Gasteiger partial charge in [-0.1, -0.05) is 15.9 Å². The number of hydrogen-bond donors (Lipinski definition) is 1. The number of nitrogens with two attached hydrogens (primary N) is 1.